The normalized spacial score (nSPS) is 10.8. The van der Waals surface area contributed by atoms with Crippen molar-refractivity contribution in [3.8, 4) is 5.69 Å². The van der Waals surface area contributed by atoms with E-state index < -0.39 is 5.91 Å². The van der Waals surface area contributed by atoms with E-state index in [1.807, 2.05) is 13.8 Å². The Labute approximate surface area is 179 Å². The molecule has 3 aromatic rings. The Hall–Kier alpha value is -2.29. The molecule has 3 rings (SSSR count). The number of rotatable bonds is 4. The Balaban J connectivity index is 1.70. The van der Waals surface area contributed by atoms with Crippen molar-refractivity contribution >= 4 is 50.9 Å². The van der Waals surface area contributed by atoms with Crippen LogP contribution in [0.1, 0.15) is 27.4 Å². The average Bonchev–Trinajstić information content (AvgIpc) is 3.20. The van der Waals surface area contributed by atoms with Crippen LogP contribution in [0.2, 0.25) is 10.0 Å². The minimum atomic E-state index is -0.445. The lowest BCUT2D eigenvalue weighted by atomic mass is 10.1. The highest BCUT2D eigenvalue weighted by Gasteiger charge is 2.17. The summed E-state index contributed by atoms with van der Waals surface area (Å²) in [5.74, 6) is -0.808. The molecule has 146 valence electrons. The van der Waals surface area contributed by atoms with E-state index >= 15 is 0 Å². The van der Waals surface area contributed by atoms with Gasteiger partial charge in [-0.1, -0.05) is 23.2 Å². The summed E-state index contributed by atoms with van der Waals surface area (Å²) in [7, 11) is 0. The Morgan fingerprint density at radius 3 is 2.57 bits per heavy atom. The van der Waals surface area contributed by atoms with Crippen molar-refractivity contribution in [3.63, 3.8) is 0 Å². The molecular weight excluding hydrogens is 469 g/mol. The van der Waals surface area contributed by atoms with Crippen LogP contribution in [0.25, 0.3) is 5.69 Å². The Morgan fingerprint density at radius 2 is 1.93 bits per heavy atom. The number of aryl methyl sites for hydroxylation is 1. The third-order valence-corrected chi connectivity index (χ3v) is 5.33. The number of amides is 2. The molecular formula is C18H16BrCl2N5O2. The number of halogens is 3. The molecule has 2 amide bonds. The van der Waals surface area contributed by atoms with Crippen molar-refractivity contribution in [1.82, 2.24) is 25.6 Å². The molecule has 28 heavy (non-hydrogen) atoms. The second-order valence-electron chi connectivity index (χ2n) is 6.07. The maximum Gasteiger partial charge on any atom is 0.286 e. The SMILES string of the molecule is Cc1nn(-c2ccc(Cl)c(Cl)c2)c(C)c1CC(=O)NNC(=O)c1cc(Br)c[nH]1. The zero-order chi connectivity index (χ0) is 20.4. The minimum Gasteiger partial charge on any atom is -0.356 e. The number of carbonyl (C=O) groups is 2. The summed E-state index contributed by atoms with van der Waals surface area (Å²) < 4.78 is 2.44. The second kappa shape index (κ2) is 8.38. The first-order valence-corrected chi connectivity index (χ1v) is 9.74. The molecule has 0 bridgehead atoms. The minimum absolute atomic E-state index is 0.0632. The molecule has 0 spiro atoms. The van der Waals surface area contributed by atoms with Gasteiger partial charge in [0, 0.05) is 21.9 Å². The van der Waals surface area contributed by atoms with Crippen LogP contribution in [0, 0.1) is 13.8 Å². The van der Waals surface area contributed by atoms with Crippen LogP contribution in [0.5, 0.6) is 0 Å². The Kier molecular flexibility index (Phi) is 6.12. The van der Waals surface area contributed by atoms with Crippen molar-refractivity contribution < 1.29 is 9.59 Å². The van der Waals surface area contributed by atoms with E-state index in [4.69, 9.17) is 23.2 Å². The highest BCUT2D eigenvalue weighted by molar-refractivity contribution is 9.10. The standard InChI is InChI=1S/C18H16BrCl2N5O2/c1-9-13(7-17(27)23-24-18(28)16-5-11(19)8-22-16)10(2)26(25-9)12-3-4-14(20)15(21)6-12/h3-6,8,22H,7H2,1-2H3,(H,23,27)(H,24,28). The maximum absolute atomic E-state index is 12.3. The smallest absolute Gasteiger partial charge is 0.286 e. The van der Waals surface area contributed by atoms with E-state index in [2.05, 4.69) is 36.9 Å². The molecule has 0 aliphatic rings. The number of aromatic nitrogens is 3. The lowest BCUT2D eigenvalue weighted by Gasteiger charge is -2.08. The average molecular weight is 485 g/mol. The number of carbonyl (C=O) groups excluding carboxylic acids is 2. The van der Waals surface area contributed by atoms with E-state index in [9.17, 15) is 9.59 Å². The quantitative estimate of drug-likeness (QED) is 0.490. The summed E-state index contributed by atoms with van der Waals surface area (Å²) in [5.41, 5.74) is 8.12. The van der Waals surface area contributed by atoms with Gasteiger partial charge < -0.3 is 4.98 Å². The number of hydrogen-bond donors (Lipinski definition) is 3. The van der Waals surface area contributed by atoms with Crippen LogP contribution >= 0.6 is 39.1 Å². The van der Waals surface area contributed by atoms with Gasteiger partial charge in [0.05, 0.1) is 27.8 Å². The van der Waals surface area contributed by atoms with Gasteiger partial charge in [-0.15, -0.1) is 0 Å². The molecule has 1 aromatic carbocycles. The van der Waals surface area contributed by atoms with Gasteiger partial charge in [0.25, 0.3) is 5.91 Å². The fourth-order valence-corrected chi connectivity index (χ4v) is 3.33. The number of aromatic amines is 1. The second-order valence-corrected chi connectivity index (χ2v) is 7.80. The van der Waals surface area contributed by atoms with Crippen molar-refractivity contribution in [2.75, 3.05) is 0 Å². The van der Waals surface area contributed by atoms with E-state index in [1.54, 1.807) is 35.1 Å². The lowest BCUT2D eigenvalue weighted by Crippen LogP contribution is -2.42. The van der Waals surface area contributed by atoms with Gasteiger partial charge in [-0.05, 0) is 54.0 Å². The predicted octanol–water partition coefficient (Wildman–Crippen LogP) is 3.89. The first-order valence-electron chi connectivity index (χ1n) is 8.20. The molecule has 0 fully saturated rings. The molecule has 0 atom stereocenters. The van der Waals surface area contributed by atoms with Gasteiger partial charge in [-0.25, -0.2) is 4.68 Å². The first-order chi connectivity index (χ1) is 13.3. The first kappa shape index (κ1) is 20.4. The van der Waals surface area contributed by atoms with Crippen LogP contribution in [0.4, 0.5) is 0 Å². The van der Waals surface area contributed by atoms with Crippen LogP contribution < -0.4 is 10.9 Å². The van der Waals surface area contributed by atoms with Crippen molar-refractivity contribution in [2.45, 2.75) is 20.3 Å². The summed E-state index contributed by atoms with van der Waals surface area (Å²) in [6.07, 6.45) is 1.69. The highest BCUT2D eigenvalue weighted by Crippen LogP contribution is 2.26. The van der Waals surface area contributed by atoms with Gasteiger partial charge in [0.15, 0.2) is 0 Å². The Bertz CT molecular complexity index is 1060. The van der Waals surface area contributed by atoms with Crippen LogP contribution in [-0.2, 0) is 11.2 Å². The molecule has 0 saturated carbocycles. The predicted molar refractivity (Wildman–Crippen MR) is 111 cm³/mol. The van der Waals surface area contributed by atoms with Crippen molar-refractivity contribution in [2.24, 2.45) is 0 Å². The summed E-state index contributed by atoms with van der Waals surface area (Å²) in [5, 5.41) is 5.36. The molecule has 0 radical (unpaired) electrons. The molecule has 0 aliphatic heterocycles. The topological polar surface area (TPSA) is 91.8 Å². The number of hydrazine groups is 1. The van der Waals surface area contributed by atoms with Gasteiger partial charge in [-0.3, -0.25) is 20.4 Å². The molecule has 2 heterocycles. The van der Waals surface area contributed by atoms with Crippen molar-refractivity contribution in [1.29, 1.82) is 0 Å². The van der Waals surface area contributed by atoms with Gasteiger partial charge >= 0.3 is 0 Å². The van der Waals surface area contributed by atoms with Crippen LogP contribution in [-0.4, -0.2) is 26.6 Å². The fraction of sp³-hybridized carbons (Fsp3) is 0.167. The number of nitrogens with zero attached hydrogens (tertiary/aromatic N) is 2. The fourth-order valence-electron chi connectivity index (χ4n) is 2.70. The van der Waals surface area contributed by atoms with E-state index in [1.165, 1.54) is 0 Å². The monoisotopic (exact) mass is 483 g/mol. The largest absolute Gasteiger partial charge is 0.356 e. The third kappa shape index (κ3) is 4.40. The molecule has 2 aromatic heterocycles. The third-order valence-electron chi connectivity index (χ3n) is 4.13. The van der Waals surface area contributed by atoms with Crippen LogP contribution in [0.3, 0.4) is 0 Å². The number of H-pyrrole nitrogens is 1. The zero-order valence-corrected chi connectivity index (χ0v) is 18.0. The van der Waals surface area contributed by atoms with Crippen LogP contribution in [0.15, 0.2) is 34.9 Å². The van der Waals surface area contributed by atoms with Gasteiger partial charge in [0.1, 0.15) is 5.69 Å². The number of nitrogens with one attached hydrogen (secondary N) is 3. The van der Waals surface area contributed by atoms with E-state index in [-0.39, 0.29) is 12.3 Å². The zero-order valence-electron chi connectivity index (χ0n) is 14.9. The highest BCUT2D eigenvalue weighted by atomic mass is 79.9. The summed E-state index contributed by atoms with van der Waals surface area (Å²) >= 11 is 15.3. The lowest BCUT2D eigenvalue weighted by molar-refractivity contribution is -0.121. The molecule has 10 heteroatoms. The molecule has 0 unspecified atom stereocenters. The summed E-state index contributed by atoms with van der Waals surface area (Å²) in [4.78, 5) is 27.0. The Morgan fingerprint density at radius 1 is 1.18 bits per heavy atom. The van der Waals surface area contributed by atoms with Crippen molar-refractivity contribution in [3.05, 3.63) is 67.6 Å². The van der Waals surface area contributed by atoms with E-state index in [0.717, 1.165) is 21.4 Å². The summed E-state index contributed by atoms with van der Waals surface area (Å²) in [6.45, 7) is 3.68. The molecule has 7 nitrogen and oxygen atoms in total. The number of hydrogen-bond acceptors (Lipinski definition) is 3. The summed E-state index contributed by atoms with van der Waals surface area (Å²) in [6, 6.07) is 6.81. The molecule has 0 aliphatic carbocycles. The maximum atomic E-state index is 12.3. The van der Waals surface area contributed by atoms with E-state index in [0.29, 0.717) is 21.4 Å². The number of benzene rings is 1. The molecule has 3 N–H and O–H groups in total. The molecule has 0 saturated heterocycles. The van der Waals surface area contributed by atoms with Gasteiger partial charge in [0.2, 0.25) is 5.91 Å². The van der Waals surface area contributed by atoms with Gasteiger partial charge in [-0.2, -0.15) is 5.10 Å².